The van der Waals surface area contributed by atoms with Crippen LogP contribution in [0.25, 0.3) is 0 Å². The first kappa shape index (κ1) is 15.6. The second-order valence-electron chi connectivity index (χ2n) is 5.26. The Labute approximate surface area is 131 Å². The van der Waals surface area contributed by atoms with E-state index >= 15 is 0 Å². The summed E-state index contributed by atoms with van der Waals surface area (Å²) in [4.78, 5) is 13.7. The lowest BCUT2D eigenvalue weighted by Crippen LogP contribution is -2.42. The summed E-state index contributed by atoms with van der Waals surface area (Å²) < 4.78 is 46.1. The van der Waals surface area contributed by atoms with E-state index in [-0.39, 0.29) is 25.5 Å². The van der Waals surface area contributed by atoms with Gasteiger partial charge in [-0.3, -0.25) is 4.79 Å². The molecular weight excluding hydrogens is 307 g/mol. The van der Waals surface area contributed by atoms with Crippen molar-refractivity contribution in [3.8, 4) is 0 Å². The first-order valence-electron chi connectivity index (χ1n) is 7.16. The van der Waals surface area contributed by atoms with Gasteiger partial charge in [0.2, 0.25) is 0 Å². The summed E-state index contributed by atoms with van der Waals surface area (Å²) >= 11 is 0. The quantitative estimate of drug-likeness (QED) is 0.849. The van der Waals surface area contributed by atoms with Gasteiger partial charge < -0.3 is 9.64 Å². The van der Waals surface area contributed by atoms with Gasteiger partial charge >= 0.3 is 0 Å². The molecule has 1 heterocycles. The first-order valence-corrected chi connectivity index (χ1v) is 7.16. The van der Waals surface area contributed by atoms with Crippen LogP contribution in [0.3, 0.4) is 0 Å². The third-order valence-electron chi connectivity index (χ3n) is 3.77. The van der Waals surface area contributed by atoms with Crippen molar-refractivity contribution in [3.05, 3.63) is 71.0 Å². The number of nitrogens with zero attached hydrogens (tertiary/aromatic N) is 1. The molecule has 1 amide bonds. The van der Waals surface area contributed by atoms with Crippen molar-refractivity contribution in [1.82, 2.24) is 4.90 Å². The first-order chi connectivity index (χ1) is 11.1. The highest BCUT2D eigenvalue weighted by atomic mass is 19.1. The summed E-state index contributed by atoms with van der Waals surface area (Å²) in [5.41, 5.74) is 0.144. The molecule has 120 valence electrons. The van der Waals surface area contributed by atoms with Crippen LogP contribution >= 0.6 is 0 Å². The SMILES string of the molecule is O=C(c1c(F)cccc1F)N1CCOC(c2ccc(F)cc2)C1. The van der Waals surface area contributed by atoms with Gasteiger partial charge in [0.25, 0.3) is 5.91 Å². The van der Waals surface area contributed by atoms with Gasteiger partial charge in [-0.1, -0.05) is 18.2 Å². The van der Waals surface area contributed by atoms with Crippen molar-refractivity contribution in [2.75, 3.05) is 19.7 Å². The van der Waals surface area contributed by atoms with Crippen molar-refractivity contribution >= 4 is 5.91 Å². The van der Waals surface area contributed by atoms with Crippen LogP contribution in [0.15, 0.2) is 42.5 Å². The van der Waals surface area contributed by atoms with Crippen LogP contribution in [0, 0.1) is 17.5 Å². The minimum atomic E-state index is -0.889. The number of benzene rings is 2. The number of amides is 1. The molecule has 6 heteroatoms. The fourth-order valence-electron chi connectivity index (χ4n) is 2.57. The third kappa shape index (κ3) is 3.22. The van der Waals surface area contributed by atoms with Crippen LogP contribution in [-0.4, -0.2) is 30.5 Å². The molecule has 3 rings (SSSR count). The van der Waals surface area contributed by atoms with Gasteiger partial charge in [0.15, 0.2) is 0 Å². The van der Waals surface area contributed by atoms with Crippen molar-refractivity contribution < 1.29 is 22.7 Å². The molecule has 1 unspecified atom stereocenters. The standard InChI is InChI=1S/C17H14F3NO2/c18-12-6-4-11(5-7-12)15-10-21(8-9-23-15)17(22)16-13(19)2-1-3-14(16)20/h1-7,15H,8-10H2. The highest BCUT2D eigenvalue weighted by Crippen LogP contribution is 2.24. The van der Waals surface area contributed by atoms with Crippen LogP contribution in [0.2, 0.25) is 0 Å². The molecule has 23 heavy (non-hydrogen) atoms. The second-order valence-corrected chi connectivity index (χ2v) is 5.26. The van der Waals surface area contributed by atoms with Gasteiger partial charge in [-0.05, 0) is 29.8 Å². The Hall–Kier alpha value is -2.34. The Balaban J connectivity index is 1.81. The van der Waals surface area contributed by atoms with Gasteiger partial charge in [-0.15, -0.1) is 0 Å². The number of halogens is 3. The topological polar surface area (TPSA) is 29.5 Å². The summed E-state index contributed by atoms with van der Waals surface area (Å²) in [5, 5.41) is 0. The summed E-state index contributed by atoms with van der Waals surface area (Å²) in [7, 11) is 0. The van der Waals surface area contributed by atoms with Crippen LogP contribution in [0.5, 0.6) is 0 Å². The van der Waals surface area contributed by atoms with E-state index in [1.807, 2.05) is 0 Å². The number of hydrogen-bond donors (Lipinski definition) is 0. The number of hydrogen-bond acceptors (Lipinski definition) is 2. The normalized spacial score (nSPS) is 18.0. The molecule has 2 aromatic rings. The average Bonchev–Trinajstić information content (AvgIpc) is 2.55. The van der Waals surface area contributed by atoms with Gasteiger partial charge in [0.1, 0.15) is 29.1 Å². The Bertz CT molecular complexity index is 698. The summed E-state index contributed by atoms with van der Waals surface area (Å²) in [6, 6.07) is 9.05. The number of morpholine rings is 1. The fraction of sp³-hybridized carbons (Fsp3) is 0.235. The molecule has 1 aliphatic heterocycles. The molecule has 0 N–H and O–H groups in total. The molecule has 1 fully saturated rings. The average molecular weight is 321 g/mol. The lowest BCUT2D eigenvalue weighted by atomic mass is 10.1. The zero-order valence-corrected chi connectivity index (χ0v) is 12.1. The van der Waals surface area contributed by atoms with E-state index in [4.69, 9.17) is 4.74 Å². The third-order valence-corrected chi connectivity index (χ3v) is 3.77. The molecule has 0 saturated carbocycles. The van der Waals surface area contributed by atoms with Crippen LogP contribution in [-0.2, 0) is 4.74 Å². The Morgan fingerprint density at radius 3 is 2.35 bits per heavy atom. The maximum Gasteiger partial charge on any atom is 0.260 e. The molecule has 0 bridgehead atoms. The molecule has 0 aliphatic carbocycles. The molecular formula is C17H14F3NO2. The molecule has 1 saturated heterocycles. The molecule has 0 aromatic heterocycles. The number of ether oxygens (including phenoxy) is 1. The van der Waals surface area contributed by atoms with Crippen molar-refractivity contribution in [3.63, 3.8) is 0 Å². The van der Waals surface area contributed by atoms with E-state index in [9.17, 15) is 18.0 Å². The van der Waals surface area contributed by atoms with E-state index < -0.39 is 29.2 Å². The predicted molar refractivity (Wildman–Crippen MR) is 77.4 cm³/mol. The van der Waals surface area contributed by atoms with Gasteiger partial charge in [-0.25, -0.2) is 13.2 Å². The number of carbonyl (C=O) groups excluding carboxylic acids is 1. The number of rotatable bonds is 2. The summed E-state index contributed by atoms with van der Waals surface area (Å²) in [6.07, 6.45) is -0.455. The fourth-order valence-corrected chi connectivity index (χ4v) is 2.57. The van der Waals surface area contributed by atoms with Gasteiger partial charge in [0.05, 0.1) is 13.2 Å². The van der Waals surface area contributed by atoms with E-state index in [1.165, 1.54) is 23.1 Å². The minimum Gasteiger partial charge on any atom is -0.370 e. The Morgan fingerprint density at radius 1 is 1.04 bits per heavy atom. The monoisotopic (exact) mass is 321 g/mol. The molecule has 1 atom stereocenters. The highest BCUT2D eigenvalue weighted by molar-refractivity contribution is 5.94. The van der Waals surface area contributed by atoms with Crippen molar-refractivity contribution in [2.24, 2.45) is 0 Å². The van der Waals surface area contributed by atoms with Crippen molar-refractivity contribution in [2.45, 2.75) is 6.10 Å². The van der Waals surface area contributed by atoms with E-state index in [2.05, 4.69) is 0 Å². The smallest absolute Gasteiger partial charge is 0.260 e. The Kier molecular flexibility index (Phi) is 4.34. The predicted octanol–water partition coefficient (Wildman–Crippen LogP) is 3.32. The zero-order chi connectivity index (χ0) is 16.4. The lowest BCUT2D eigenvalue weighted by Gasteiger charge is -2.33. The molecule has 1 aliphatic rings. The van der Waals surface area contributed by atoms with Crippen LogP contribution in [0.1, 0.15) is 22.0 Å². The Morgan fingerprint density at radius 2 is 1.70 bits per heavy atom. The van der Waals surface area contributed by atoms with E-state index in [1.54, 1.807) is 12.1 Å². The maximum atomic E-state index is 13.8. The van der Waals surface area contributed by atoms with E-state index in [0.717, 1.165) is 12.1 Å². The molecule has 0 spiro atoms. The molecule has 2 aromatic carbocycles. The van der Waals surface area contributed by atoms with Crippen molar-refractivity contribution in [1.29, 1.82) is 0 Å². The summed E-state index contributed by atoms with van der Waals surface area (Å²) in [5.74, 6) is -2.86. The molecule has 0 radical (unpaired) electrons. The minimum absolute atomic E-state index is 0.151. The second kappa shape index (κ2) is 6.42. The van der Waals surface area contributed by atoms with Gasteiger partial charge in [-0.2, -0.15) is 0 Å². The zero-order valence-electron chi connectivity index (χ0n) is 12.1. The largest absolute Gasteiger partial charge is 0.370 e. The summed E-state index contributed by atoms with van der Waals surface area (Å²) in [6.45, 7) is 0.631. The van der Waals surface area contributed by atoms with Crippen LogP contribution in [0.4, 0.5) is 13.2 Å². The van der Waals surface area contributed by atoms with Gasteiger partial charge in [0, 0.05) is 6.54 Å². The molecule has 3 nitrogen and oxygen atoms in total. The maximum absolute atomic E-state index is 13.8. The highest BCUT2D eigenvalue weighted by Gasteiger charge is 2.29. The van der Waals surface area contributed by atoms with Crippen LogP contribution < -0.4 is 0 Å². The van der Waals surface area contributed by atoms with E-state index in [0.29, 0.717) is 5.56 Å². The number of carbonyl (C=O) groups is 1. The lowest BCUT2D eigenvalue weighted by molar-refractivity contribution is -0.0231.